The fourth-order valence-corrected chi connectivity index (χ4v) is 3.65. The first-order chi connectivity index (χ1) is 10.4. The zero-order valence-electron chi connectivity index (χ0n) is 13.6. The fourth-order valence-electron chi connectivity index (χ4n) is 1.70. The lowest BCUT2D eigenvalue weighted by Gasteiger charge is -2.19. The molecular formula is C14H22BrN3O4S. The predicted molar refractivity (Wildman–Crippen MR) is 92.7 cm³/mol. The Bertz CT molecular complexity index is 684. The van der Waals surface area contributed by atoms with E-state index in [1.165, 1.54) is 6.07 Å². The molecule has 0 aliphatic carbocycles. The topological polar surface area (TPSA) is 111 Å². The van der Waals surface area contributed by atoms with Crippen molar-refractivity contribution in [3.8, 4) is 0 Å². The highest BCUT2D eigenvalue weighted by Gasteiger charge is 2.19. The van der Waals surface area contributed by atoms with Crippen LogP contribution >= 0.6 is 15.9 Å². The third-order valence-electron chi connectivity index (χ3n) is 2.74. The third kappa shape index (κ3) is 6.36. The standard InChI is InChI=1S/C14H22BrN3O4S/c1-9-11(16)7-10(15)8-12(9)23(20,21)18-6-5-17-13(19)22-14(2,3)4/h7-8,18H,5-6,16H2,1-4H3,(H,17,19). The molecule has 130 valence electrons. The number of rotatable bonds is 5. The maximum atomic E-state index is 12.3. The van der Waals surface area contributed by atoms with Crippen LogP contribution < -0.4 is 15.8 Å². The van der Waals surface area contributed by atoms with E-state index in [0.717, 1.165) is 0 Å². The molecule has 0 unspecified atom stereocenters. The number of ether oxygens (including phenoxy) is 1. The van der Waals surface area contributed by atoms with Crippen LogP contribution in [0, 0.1) is 6.92 Å². The van der Waals surface area contributed by atoms with Gasteiger partial charge in [0.25, 0.3) is 0 Å². The van der Waals surface area contributed by atoms with E-state index in [2.05, 4.69) is 26.0 Å². The van der Waals surface area contributed by atoms with Crippen LogP contribution in [0.3, 0.4) is 0 Å². The lowest BCUT2D eigenvalue weighted by Crippen LogP contribution is -2.38. The molecule has 0 bridgehead atoms. The minimum absolute atomic E-state index is 0.0352. The number of carbonyl (C=O) groups excluding carboxylic acids is 1. The molecule has 0 aromatic heterocycles. The van der Waals surface area contributed by atoms with Crippen molar-refractivity contribution in [3.63, 3.8) is 0 Å². The SMILES string of the molecule is Cc1c(N)cc(Br)cc1S(=O)(=O)NCCNC(=O)OC(C)(C)C. The van der Waals surface area contributed by atoms with E-state index < -0.39 is 21.7 Å². The normalized spacial score (nSPS) is 12.0. The second kappa shape index (κ2) is 7.50. The van der Waals surface area contributed by atoms with E-state index in [-0.39, 0.29) is 18.0 Å². The molecular weight excluding hydrogens is 386 g/mol. The lowest BCUT2D eigenvalue weighted by atomic mass is 10.2. The zero-order chi connectivity index (χ0) is 17.8. The van der Waals surface area contributed by atoms with Gasteiger partial charge in [-0.3, -0.25) is 0 Å². The smallest absolute Gasteiger partial charge is 0.407 e. The zero-order valence-corrected chi connectivity index (χ0v) is 16.0. The van der Waals surface area contributed by atoms with Crippen LogP contribution in [0.15, 0.2) is 21.5 Å². The molecule has 0 spiro atoms. The van der Waals surface area contributed by atoms with Crippen LogP contribution in [0.1, 0.15) is 26.3 Å². The molecule has 1 rings (SSSR count). The molecule has 0 saturated heterocycles. The van der Waals surface area contributed by atoms with E-state index in [0.29, 0.717) is 15.7 Å². The third-order valence-corrected chi connectivity index (χ3v) is 4.78. The number of carbonyl (C=O) groups is 1. The van der Waals surface area contributed by atoms with Gasteiger partial charge in [0.05, 0.1) is 4.90 Å². The van der Waals surface area contributed by atoms with Crippen molar-refractivity contribution in [1.82, 2.24) is 10.0 Å². The van der Waals surface area contributed by atoms with Gasteiger partial charge >= 0.3 is 6.09 Å². The van der Waals surface area contributed by atoms with Gasteiger partial charge in [0.15, 0.2) is 0 Å². The van der Waals surface area contributed by atoms with Crippen molar-refractivity contribution in [2.24, 2.45) is 0 Å². The number of halogens is 1. The molecule has 23 heavy (non-hydrogen) atoms. The number of amides is 1. The Hall–Kier alpha value is -1.32. The summed E-state index contributed by atoms with van der Waals surface area (Å²) in [7, 11) is -3.72. The van der Waals surface area contributed by atoms with Gasteiger partial charge in [-0.15, -0.1) is 0 Å². The fraction of sp³-hybridized carbons (Fsp3) is 0.500. The number of hydrogen-bond acceptors (Lipinski definition) is 5. The number of benzene rings is 1. The number of nitrogens with one attached hydrogen (secondary N) is 2. The first-order valence-electron chi connectivity index (χ1n) is 6.94. The van der Waals surface area contributed by atoms with E-state index in [1.807, 2.05) is 0 Å². The van der Waals surface area contributed by atoms with Gasteiger partial charge in [-0.1, -0.05) is 15.9 Å². The summed E-state index contributed by atoms with van der Waals surface area (Å²) in [6.07, 6.45) is -0.598. The van der Waals surface area contributed by atoms with Crippen molar-refractivity contribution in [2.75, 3.05) is 18.8 Å². The average molecular weight is 408 g/mol. The summed E-state index contributed by atoms with van der Waals surface area (Å²) in [5.41, 5.74) is 6.03. The Morgan fingerprint density at radius 2 is 1.91 bits per heavy atom. The second-order valence-corrected chi connectivity index (χ2v) is 8.60. The molecule has 0 atom stereocenters. The van der Waals surface area contributed by atoms with Crippen molar-refractivity contribution >= 4 is 37.7 Å². The first-order valence-corrected chi connectivity index (χ1v) is 9.22. The van der Waals surface area contributed by atoms with Gasteiger partial charge in [0, 0.05) is 23.2 Å². The van der Waals surface area contributed by atoms with Gasteiger partial charge in [-0.2, -0.15) is 0 Å². The van der Waals surface area contributed by atoms with E-state index in [4.69, 9.17) is 10.5 Å². The molecule has 4 N–H and O–H groups in total. The highest BCUT2D eigenvalue weighted by molar-refractivity contribution is 9.10. The predicted octanol–water partition coefficient (Wildman–Crippen LogP) is 2.14. The van der Waals surface area contributed by atoms with Crippen LogP contribution in [0.2, 0.25) is 0 Å². The summed E-state index contributed by atoms with van der Waals surface area (Å²) < 4.78 is 32.6. The van der Waals surface area contributed by atoms with Crippen LogP contribution in [-0.4, -0.2) is 33.2 Å². The van der Waals surface area contributed by atoms with Gasteiger partial charge in [-0.05, 0) is 45.4 Å². The van der Waals surface area contributed by atoms with Crippen molar-refractivity contribution in [2.45, 2.75) is 38.2 Å². The summed E-state index contributed by atoms with van der Waals surface area (Å²) in [5.74, 6) is 0. The summed E-state index contributed by atoms with van der Waals surface area (Å²) in [5, 5.41) is 2.48. The Balaban J connectivity index is 2.63. The van der Waals surface area contributed by atoms with Gasteiger partial charge < -0.3 is 15.8 Å². The Kier molecular flexibility index (Phi) is 6.43. The minimum atomic E-state index is -3.72. The molecule has 9 heteroatoms. The molecule has 0 saturated carbocycles. The average Bonchev–Trinajstić information content (AvgIpc) is 2.37. The van der Waals surface area contributed by atoms with Gasteiger partial charge in [0.2, 0.25) is 10.0 Å². The minimum Gasteiger partial charge on any atom is -0.444 e. The van der Waals surface area contributed by atoms with Crippen LogP contribution in [-0.2, 0) is 14.8 Å². The number of nitrogens with two attached hydrogens (primary N) is 1. The molecule has 0 aliphatic heterocycles. The number of sulfonamides is 1. The molecule has 1 amide bonds. The van der Waals surface area contributed by atoms with Gasteiger partial charge in [-0.25, -0.2) is 17.9 Å². The molecule has 7 nitrogen and oxygen atoms in total. The number of alkyl carbamates (subject to hydrolysis) is 1. The molecule has 1 aromatic carbocycles. The number of hydrogen-bond donors (Lipinski definition) is 3. The summed E-state index contributed by atoms with van der Waals surface area (Å²) in [6.45, 7) is 7.01. The van der Waals surface area contributed by atoms with Crippen molar-refractivity contribution in [3.05, 3.63) is 22.2 Å². The van der Waals surface area contributed by atoms with Crippen LogP contribution in [0.4, 0.5) is 10.5 Å². The largest absolute Gasteiger partial charge is 0.444 e. The Labute approximate surface area is 145 Å². The van der Waals surface area contributed by atoms with Crippen molar-refractivity contribution in [1.29, 1.82) is 0 Å². The van der Waals surface area contributed by atoms with Gasteiger partial charge in [0.1, 0.15) is 5.60 Å². The molecule has 0 radical (unpaired) electrons. The highest BCUT2D eigenvalue weighted by atomic mass is 79.9. The lowest BCUT2D eigenvalue weighted by molar-refractivity contribution is 0.0529. The monoisotopic (exact) mass is 407 g/mol. The first kappa shape index (κ1) is 19.7. The van der Waals surface area contributed by atoms with Crippen LogP contribution in [0.25, 0.3) is 0 Å². The summed E-state index contributed by atoms with van der Waals surface area (Å²) in [4.78, 5) is 11.6. The number of anilines is 1. The molecule has 1 aromatic rings. The van der Waals surface area contributed by atoms with Crippen LogP contribution in [0.5, 0.6) is 0 Å². The Morgan fingerprint density at radius 1 is 1.30 bits per heavy atom. The molecule has 0 fully saturated rings. The Morgan fingerprint density at radius 3 is 2.48 bits per heavy atom. The molecule has 0 aliphatic rings. The summed E-state index contributed by atoms with van der Waals surface area (Å²) >= 11 is 3.22. The summed E-state index contributed by atoms with van der Waals surface area (Å²) in [6, 6.07) is 3.12. The van der Waals surface area contributed by atoms with E-state index in [1.54, 1.807) is 33.8 Å². The molecule has 0 heterocycles. The maximum Gasteiger partial charge on any atom is 0.407 e. The van der Waals surface area contributed by atoms with E-state index >= 15 is 0 Å². The second-order valence-electron chi connectivity index (χ2n) is 5.94. The quantitative estimate of drug-likeness (QED) is 0.511. The highest BCUT2D eigenvalue weighted by Crippen LogP contribution is 2.26. The maximum absolute atomic E-state index is 12.3. The van der Waals surface area contributed by atoms with E-state index in [9.17, 15) is 13.2 Å². The van der Waals surface area contributed by atoms with Crippen molar-refractivity contribution < 1.29 is 17.9 Å². The number of nitrogen functional groups attached to an aromatic ring is 1.